The van der Waals surface area contributed by atoms with Gasteiger partial charge in [0.05, 0.1) is 6.54 Å². The number of rotatable bonds is 6. The van der Waals surface area contributed by atoms with Crippen LogP contribution in [-0.4, -0.2) is 36.1 Å². The highest BCUT2D eigenvalue weighted by atomic mass is 15.3. The largest absolute Gasteiger partial charge is 0.356 e. The molecule has 0 spiro atoms. The third-order valence-electron chi connectivity index (χ3n) is 4.27. The summed E-state index contributed by atoms with van der Waals surface area (Å²) in [7, 11) is 5.99. The van der Waals surface area contributed by atoms with Crippen molar-refractivity contribution in [2.45, 2.75) is 26.8 Å². The lowest BCUT2D eigenvalue weighted by atomic mass is 9.86. The highest BCUT2D eigenvalue weighted by Gasteiger charge is 2.20. The lowest BCUT2D eigenvalue weighted by Gasteiger charge is -2.29. The molecular formula is C20H30N4. The van der Waals surface area contributed by atoms with Gasteiger partial charge in [-0.15, -0.1) is 0 Å². The van der Waals surface area contributed by atoms with Crippen LogP contribution in [0.2, 0.25) is 0 Å². The second-order valence-corrected chi connectivity index (χ2v) is 7.19. The Morgan fingerprint density at radius 2 is 1.88 bits per heavy atom. The molecule has 0 amide bonds. The van der Waals surface area contributed by atoms with Crippen molar-refractivity contribution in [3.05, 3.63) is 59.9 Å². The summed E-state index contributed by atoms with van der Waals surface area (Å²) in [5.74, 6) is 0.928. The molecule has 1 heterocycles. The summed E-state index contributed by atoms with van der Waals surface area (Å²) in [5, 5.41) is 3.53. The Hall–Kier alpha value is -2.23. The second-order valence-electron chi connectivity index (χ2n) is 7.19. The second kappa shape index (κ2) is 8.04. The minimum absolute atomic E-state index is 0.156. The van der Waals surface area contributed by atoms with Gasteiger partial charge in [0.2, 0.25) is 0 Å². The summed E-state index contributed by atoms with van der Waals surface area (Å²) in [6.07, 6.45) is 3.11. The average Bonchev–Trinajstić information content (AvgIpc) is 2.93. The molecule has 2 rings (SSSR count). The number of aryl methyl sites for hydroxylation is 1. The van der Waals surface area contributed by atoms with Crippen molar-refractivity contribution in [2.24, 2.45) is 17.5 Å². The van der Waals surface area contributed by atoms with Crippen LogP contribution in [0.3, 0.4) is 0 Å². The van der Waals surface area contributed by atoms with E-state index in [9.17, 15) is 0 Å². The number of nitrogens with one attached hydrogen (secondary N) is 1. The monoisotopic (exact) mass is 326 g/mol. The first-order chi connectivity index (χ1) is 11.4. The summed E-state index contributed by atoms with van der Waals surface area (Å²) in [4.78, 5) is 6.59. The zero-order valence-electron chi connectivity index (χ0n) is 15.6. The normalized spacial score (nSPS) is 12.3. The SMILES string of the molecule is CN=C(NCC(C)(C)Cc1ccccc1)N(C)Cc1cccn1C. The molecular weight excluding hydrogens is 296 g/mol. The first kappa shape index (κ1) is 18.1. The number of hydrogen-bond acceptors (Lipinski definition) is 1. The molecule has 1 N–H and O–H groups in total. The van der Waals surface area contributed by atoms with Gasteiger partial charge in [0.1, 0.15) is 0 Å². The summed E-state index contributed by atoms with van der Waals surface area (Å²) >= 11 is 0. The molecule has 4 nitrogen and oxygen atoms in total. The third-order valence-corrected chi connectivity index (χ3v) is 4.27. The fourth-order valence-electron chi connectivity index (χ4n) is 2.89. The van der Waals surface area contributed by atoms with E-state index in [1.807, 2.05) is 7.05 Å². The predicted molar refractivity (Wildman–Crippen MR) is 102 cm³/mol. The maximum atomic E-state index is 4.43. The summed E-state index contributed by atoms with van der Waals surface area (Å²) < 4.78 is 2.14. The third kappa shape index (κ3) is 5.15. The van der Waals surface area contributed by atoms with Gasteiger partial charge in [-0.25, -0.2) is 0 Å². The average molecular weight is 326 g/mol. The number of benzene rings is 1. The van der Waals surface area contributed by atoms with Crippen molar-refractivity contribution in [1.82, 2.24) is 14.8 Å². The minimum Gasteiger partial charge on any atom is -0.356 e. The van der Waals surface area contributed by atoms with Crippen LogP contribution < -0.4 is 5.32 Å². The van der Waals surface area contributed by atoms with Crippen molar-refractivity contribution in [3.8, 4) is 0 Å². The standard InChI is InChI=1S/C20H30N4/c1-20(2,14-17-10-7-6-8-11-17)16-22-19(21-3)24(5)15-18-12-9-13-23(18)4/h6-13H,14-16H2,1-5H3,(H,21,22). The highest BCUT2D eigenvalue weighted by molar-refractivity contribution is 5.79. The molecule has 4 heteroatoms. The topological polar surface area (TPSA) is 32.6 Å². The van der Waals surface area contributed by atoms with Crippen molar-refractivity contribution in [3.63, 3.8) is 0 Å². The maximum absolute atomic E-state index is 4.43. The van der Waals surface area contributed by atoms with Gasteiger partial charge in [-0.05, 0) is 29.5 Å². The van der Waals surface area contributed by atoms with Crippen LogP contribution in [-0.2, 0) is 20.0 Å². The van der Waals surface area contributed by atoms with E-state index < -0.39 is 0 Å². The van der Waals surface area contributed by atoms with E-state index in [2.05, 4.69) is 96.4 Å². The molecule has 1 aromatic carbocycles. The number of guanidine groups is 1. The fourth-order valence-corrected chi connectivity index (χ4v) is 2.89. The molecule has 130 valence electrons. The van der Waals surface area contributed by atoms with Crippen molar-refractivity contribution in [2.75, 3.05) is 20.6 Å². The molecule has 0 unspecified atom stereocenters. The molecule has 0 radical (unpaired) electrons. The molecule has 0 bridgehead atoms. The molecule has 0 aliphatic carbocycles. The number of nitrogens with zero attached hydrogens (tertiary/aromatic N) is 3. The van der Waals surface area contributed by atoms with E-state index in [1.165, 1.54) is 11.3 Å². The molecule has 0 aliphatic heterocycles. The van der Waals surface area contributed by atoms with Crippen LogP contribution in [0.1, 0.15) is 25.1 Å². The van der Waals surface area contributed by atoms with Gasteiger partial charge in [-0.1, -0.05) is 44.2 Å². The summed E-state index contributed by atoms with van der Waals surface area (Å²) in [5.41, 5.74) is 2.80. The first-order valence-corrected chi connectivity index (χ1v) is 8.47. The van der Waals surface area contributed by atoms with Gasteiger partial charge in [0, 0.05) is 39.6 Å². The molecule has 0 saturated carbocycles. The van der Waals surface area contributed by atoms with Gasteiger partial charge in [0.15, 0.2) is 5.96 Å². The molecule has 24 heavy (non-hydrogen) atoms. The van der Waals surface area contributed by atoms with Crippen molar-refractivity contribution >= 4 is 5.96 Å². The van der Waals surface area contributed by atoms with E-state index in [0.29, 0.717) is 0 Å². The van der Waals surface area contributed by atoms with Gasteiger partial charge < -0.3 is 14.8 Å². The van der Waals surface area contributed by atoms with Crippen LogP contribution in [0.15, 0.2) is 53.7 Å². The Balaban J connectivity index is 1.91. The van der Waals surface area contributed by atoms with Crippen LogP contribution in [0.5, 0.6) is 0 Å². The van der Waals surface area contributed by atoms with E-state index in [-0.39, 0.29) is 5.41 Å². The minimum atomic E-state index is 0.156. The van der Waals surface area contributed by atoms with Crippen LogP contribution in [0.4, 0.5) is 0 Å². The molecule has 1 aromatic heterocycles. The smallest absolute Gasteiger partial charge is 0.193 e. The number of aromatic nitrogens is 1. The Labute approximate surface area is 146 Å². The zero-order valence-corrected chi connectivity index (χ0v) is 15.6. The van der Waals surface area contributed by atoms with Gasteiger partial charge in [-0.3, -0.25) is 4.99 Å². The lowest BCUT2D eigenvalue weighted by Crippen LogP contribution is -2.43. The fraction of sp³-hybridized carbons (Fsp3) is 0.450. The molecule has 0 fully saturated rings. The Kier molecular flexibility index (Phi) is 6.07. The predicted octanol–water partition coefficient (Wildman–Crippen LogP) is 3.30. The van der Waals surface area contributed by atoms with Crippen LogP contribution in [0.25, 0.3) is 0 Å². The van der Waals surface area contributed by atoms with Gasteiger partial charge >= 0.3 is 0 Å². The van der Waals surface area contributed by atoms with E-state index in [4.69, 9.17) is 0 Å². The summed E-state index contributed by atoms with van der Waals surface area (Å²) in [6.45, 7) is 6.29. The highest BCUT2D eigenvalue weighted by Crippen LogP contribution is 2.20. The lowest BCUT2D eigenvalue weighted by molar-refractivity contribution is 0.349. The maximum Gasteiger partial charge on any atom is 0.193 e. The van der Waals surface area contributed by atoms with Crippen LogP contribution in [0, 0.1) is 5.41 Å². The van der Waals surface area contributed by atoms with Gasteiger partial charge in [0.25, 0.3) is 0 Å². The van der Waals surface area contributed by atoms with E-state index >= 15 is 0 Å². The Bertz CT molecular complexity index is 655. The van der Waals surface area contributed by atoms with Crippen molar-refractivity contribution < 1.29 is 0 Å². The number of hydrogen-bond donors (Lipinski definition) is 1. The molecule has 0 saturated heterocycles. The molecule has 2 aromatic rings. The van der Waals surface area contributed by atoms with E-state index in [1.54, 1.807) is 0 Å². The molecule has 0 atom stereocenters. The Morgan fingerprint density at radius 3 is 2.46 bits per heavy atom. The summed E-state index contributed by atoms with van der Waals surface area (Å²) in [6, 6.07) is 14.9. The Morgan fingerprint density at radius 1 is 1.17 bits per heavy atom. The quantitative estimate of drug-likeness (QED) is 0.652. The van der Waals surface area contributed by atoms with Gasteiger partial charge in [-0.2, -0.15) is 0 Å². The first-order valence-electron chi connectivity index (χ1n) is 8.47. The zero-order chi connectivity index (χ0) is 17.6. The molecule has 0 aliphatic rings. The van der Waals surface area contributed by atoms with Crippen molar-refractivity contribution in [1.29, 1.82) is 0 Å². The number of aliphatic imine (C=N–C) groups is 1. The van der Waals surface area contributed by atoms with E-state index in [0.717, 1.165) is 25.5 Å². The van der Waals surface area contributed by atoms with Crippen LogP contribution >= 0.6 is 0 Å².